The number of rotatable bonds is 2. The second-order valence-electron chi connectivity index (χ2n) is 4.82. The summed E-state index contributed by atoms with van der Waals surface area (Å²) in [6.45, 7) is 7.07. The molecule has 2 rings (SSSR count). The molecule has 1 amide bonds. The first-order chi connectivity index (χ1) is 8.18. The minimum atomic E-state index is -0.398. The summed E-state index contributed by atoms with van der Waals surface area (Å²) in [7, 11) is 0. The molecule has 0 saturated carbocycles. The second kappa shape index (κ2) is 6.03. The molecular formula is C12H21ClN2O2. The molecule has 0 spiro atoms. The Hall–Kier alpha value is -0.320. The van der Waals surface area contributed by atoms with E-state index in [0.29, 0.717) is 6.04 Å². The van der Waals surface area contributed by atoms with Crippen LogP contribution in [0.1, 0.15) is 19.8 Å². The lowest BCUT2D eigenvalue weighted by atomic mass is 10.1. The lowest BCUT2D eigenvalue weighted by Crippen LogP contribution is -2.54. The normalized spacial score (nSPS) is 25.9. The monoisotopic (exact) mass is 260 g/mol. The first-order valence-corrected chi connectivity index (χ1v) is 6.87. The van der Waals surface area contributed by atoms with Crippen LogP contribution in [0.3, 0.4) is 0 Å². The summed E-state index contributed by atoms with van der Waals surface area (Å²) in [5, 5.41) is -0.398. The maximum Gasteiger partial charge on any atom is 0.240 e. The second-order valence-corrected chi connectivity index (χ2v) is 5.48. The minimum absolute atomic E-state index is 0.0679. The minimum Gasteiger partial charge on any atom is -0.381 e. The van der Waals surface area contributed by atoms with Gasteiger partial charge in [0.15, 0.2) is 0 Å². The van der Waals surface area contributed by atoms with Crippen LogP contribution in [-0.2, 0) is 9.53 Å². The molecule has 0 aromatic heterocycles. The summed E-state index contributed by atoms with van der Waals surface area (Å²) < 4.78 is 5.37. The zero-order valence-electron chi connectivity index (χ0n) is 10.4. The molecule has 2 aliphatic rings. The molecule has 0 aromatic carbocycles. The van der Waals surface area contributed by atoms with Gasteiger partial charge in [0, 0.05) is 45.4 Å². The molecule has 0 bridgehead atoms. The average Bonchev–Trinajstić information content (AvgIpc) is 2.39. The summed E-state index contributed by atoms with van der Waals surface area (Å²) in [6, 6.07) is 0.648. The molecule has 2 saturated heterocycles. The van der Waals surface area contributed by atoms with Crippen LogP contribution in [0.15, 0.2) is 0 Å². The molecule has 1 atom stereocenters. The first-order valence-electron chi connectivity index (χ1n) is 6.43. The zero-order valence-corrected chi connectivity index (χ0v) is 11.2. The third-order valence-corrected chi connectivity index (χ3v) is 3.86. The number of piperazine rings is 1. The van der Waals surface area contributed by atoms with Crippen LogP contribution in [0.5, 0.6) is 0 Å². The van der Waals surface area contributed by atoms with Gasteiger partial charge in [-0.15, -0.1) is 11.6 Å². The number of hydrogen-bond acceptors (Lipinski definition) is 3. The molecule has 17 heavy (non-hydrogen) atoms. The van der Waals surface area contributed by atoms with E-state index in [1.807, 2.05) is 4.90 Å². The fourth-order valence-electron chi connectivity index (χ4n) is 2.61. The van der Waals surface area contributed by atoms with Crippen LogP contribution < -0.4 is 0 Å². The molecule has 98 valence electrons. The van der Waals surface area contributed by atoms with Gasteiger partial charge < -0.3 is 9.64 Å². The summed E-state index contributed by atoms with van der Waals surface area (Å²) in [5.41, 5.74) is 0. The van der Waals surface area contributed by atoms with Crippen molar-refractivity contribution in [2.75, 3.05) is 39.4 Å². The van der Waals surface area contributed by atoms with Crippen LogP contribution in [0.25, 0.3) is 0 Å². The number of nitrogens with zero attached hydrogens (tertiary/aromatic N) is 2. The number of carbonyl (C=O) groups is 1. The maximum absolute atomic E-state index is 11.7. The van der Waals surface area contributed by atoms with E-state index in [0.717, 1.165) is 52.2 Å². The van der Waals surface area contributed by atoms with E-state index >= 15 is 0 Å². The van der Waals surface area contributed by atoms with Gasteiger partial charge in [0.05, 0.1) is 0 Å². The number of alkyl halides is 1. The topological polar surface area (TPSA) is 32.8 Å². The molecule has 0 radical (unpaired) electrons. The molecule has 0 aromatic rings. The summed E-state index contributed by atoms with van der Waals surface area (Å²) in [6.07, 6.45) is 2.25. The van der Waals surface area contributed by atoms with Crippen molar-refractivity contribution in [3.8, 4) is 0 Å². The van der Waals surface area contributed by atoms with Crippen molar-refractivity contribution in [3.05, 3.63) is 0 Å². The van der Waals surface area contributed by atoms with E-state index in [2.05, 4.69) is 4.90 Å². The van der Waals surface area contributed by atoms with Gasteiger partial charge in [0.1, 0.15) is 5.38 Å². The first kappa shape index (κ1) is 13.1. The van der Waals surface area contributed by atoms with Gasteiger partial charge in [-0.1, -0.05) is 0 Å². The van der Waals surface area contributed by atoms with Crippen molar-refractivity contribution in [1.29, 1.82) is 0 Å². The largest absolute Gasteiger partial charge is 0.381 e. The number of amides is 1. The lowest BCUT2D eigenvalue weighted by molar-refractivity contribution is -0.132. The van der Waals surface area contributed by atoms with E-state index in [4.69, 9.17) is 16.3 Å². The van der Waals surface area contributed by atoms with Crippen molar-refractivity contribution >= 4 is 17.5 Å². The van der Waals surface area contributed by atoms with E-state index in [1.165, 1.54) is 0 Å². The Morgan fingerprint density at radius 2 is 1.82 bits per heavy atom. The van der Waals surface area contributed by atoms with Crippen LogP contribution >= 0.6 is 11.6 Å². The Labute approximate surface area is 108 Å². The highest BCUT2D eigenvalue weighted by molar-refractivity contribution is 6.30. The average molecular weight is 261 g/mol. The van der Waals surface area contributed by atoms with Gasteiger partial charge in [-0.25, -0.2) is 0 Å². The van der Waals surface area contributed by atoms with Gasteiger partial charge in [0.2, 0.25) is 5.91 Å². The number of ether oxygens (including phenoxy) is 1. The Balaban J connectivity index is 1.79. The summed E-state index contributed by atoms with van der Waals surface area (Å²) in [5.74, 6) is 0.0679. The quantitative estimate of drug-likeness (QED) is 0.693. The van der Waals surface area contributed by atoms with Gasteiger partial charge in [-0.05, 0) is 19.8 Å². The van der Waals surface area contributed by atoms with E-state index in [9.17, 15) is 4.79 Å². The predicted molar refractivity (Wildman–Crippen MR) is 67.3 cm³/mol. The predicted octanol–water partition coefficient (Wildman–Crippen LogP) is 0.937. The number of carbonyl (C=O) groups excluding carboxylic acids is 1. The third kappa shape index (κ3) is 3.33. The molecule has 5 heteroatoms. The Bertz CT molecular complexity index is 259. The van der Waals surface area contributed by atoms with Gasteiger partial charge in [-0.2, -0.15) is 0 Å². The van der Waals surface area contributed by atoms with E-state index in [1.54, 1.807) is 6.92 Å². The fourth-order valence-corrected chi connectivity index (χ4v) is 2.75. The maximum atomic E-state index is 11.7. The Kier molecular flexibility index (Phi) is 4.65. The highest BCUT2D eigenvalue weighted by Crippen LogP contribution is 2.17. The van der Waals surface area contributed by atoms with Gasteiger partial charge in [0.25, 0.3) is 0 Å². The highest BCUT2D eigenvalue weighted by Gasteiger charge is 2.28. The third-order valence-electron chi connectivity index (χ3n) is 3.67. The summed E-state index contributed by atoms with van der Waals surface area (Å²) in [4.78, 5) is 16.1. The zero-order chi connectivity index (χ0) is 12.3. The molecule has 2 heterocycles. The van der Waals surface area contributed by atoms with Crippen molar-refractivity contribution in [2.45, 2.75) is 31.2 Å². The number of hydrogen-bond donors (Lipinski definition) is 0. The van der Waals surface area contributed by atoms with Crippen LogP contribution in [0, 0.1) is 0 Å². The Morgan fingerprint density at radius 1 is 1.24 bits per heavy atom. The summed E-state index contributed by atoms with van der Waals surface area (Å²) >= 11 is 5.83. The smallest absolute Gasteiger partial charge is 0.240 e. The lowest BCUT2D eigenvalue weighted by Gasteiger charge is -2.40. The SMILES string of the molecule is C[C@@H](Cl)C(=O)N1CCN(C2CCOCC2)CC1. The van der Waals surface area contributed by atoms with Crippen molar-refractivity contribution in [3.63, 3.8) is 0 Å². The fraction of sp³-hybridized carbons (Fsp3) is 0.917. The molecule has 4 nitrogen and oxygen atoms in total. The van der Waals surface area contributed by atoms with Gasteiger partial charge >= 0.3 is 0 Å². The molecule has 2 aliphatic heterocycles. The molecule has 0 N–H and O–H groups in total. The highest BCUT2D eigenvalue weighted by atomic mass is 35.5. The van der Waals surface area contributed by atoms with Crippen LogP contribution in [0.2, 0.25) is 0 Å². The Morgan fingerprint density at radius 3 is 2.35 bits per heavy atom. The van der Waals surface area contributed by atoms with Crippen molar-refractivity contribution in [2.24, 2.45) is 0 Å². The molecule has 0 unspecified atom stereocenters. The standard InChI is InChI=1S/C12H21ClN2O2/c1-10(13)12(16)15-6-4-14(5-7-15)11-2-8-17-9-3-11/h10-11H,2-9H2,1H3/t10-/m1/s1. The molecule has 0 aliphatic carbocycles. The van der Waals surface area contributed by atoms with Crippen molar-refractivity contribution in [1.82, 2.24) is 9.80 Å². The molecular weight excluding hydrogens is 240 g/mol. The van der Waals surface area contributed by atoms with Crippen LogP contribution in [-0.4, -0.2) is 66.5 Å². The van der Waals surface area contributed by atoms with E-state index < -0.39 is 5.38 Å². The van der Waals surface area contributed by atoms with Crippen molar-refractivity contribution < 1.29 is 9.53 Å². The molecule has 2 fully saturated rings. The van der Waals surface area contributed by atoms with Crippen LogP contribution in [0.4, 0.5) is 0 Å². The van der Waals surface area contributed by atoms with Gasteiger partial charge in [-0.3, -0.25) is 9.69 Å². The number of halogens is 1. The van der Waals surface area contributed by atoms with E-state index in [-0.39, 0.29) is 5.91 Å².